The van der Waals surface area contributed by atoms with Crippen molar-refractivity contribution in [1.29, 1.82) is 0 Å². The molecule has 0 aliphatic carbocycles. The van der Waals surface area contributed by atoms with E-state index in [1.165, 1.54) is 25.4 Å². The van der Waals surface area contributed by atoms with Crippen molar-refractivity contribution in [3.8, 4) is 5.75 Å². The van der Waals surface area contributed by atoms with Crippen molar-refractivity contribution in [2.45, 2.75) is 0 Å². The number of hydrogen-bond acceptors (Lipinski definition) is 2. The number of methoxy groups -OCH3 is 1. The van der Waals surface area contributed by atoms with Gasteiger partial charge in [0.25, 0.3) is 0 Å². The van der Waals surface area contributed by atoms with Gasteiger partial charge in [0.2, 0.25) is 0 Å². The number of nitrogens with zero attached hydrogens (tertiary/aromatic N) is 1. The molecule has 0 unspecified atom stereocenters. The molecule has 0 spiro atoms. The summed E-state index contributed by atoms with van der Waals surface area (Å²) in [6, 6.07) is 2.83. The summed E-state index contributed by atoms with van der Waals surface area (Å²) in [6.45, 7) is 0. The van der Waals surface area contributed by atoms with Crippen LogP contribution in [0.2, 0.25) is 5.02 Å². The van der Waals surface area contributed by atoms with Crippen LogP contribution in [0.4, 0.5) is 4.39 Å². The zero-order chi connectivity index (χ0) is 11.0. The lowest BCUT2D eigenvalue weighted by Crippen LogP contribution is -1.91. The summed E-state index contributed by atoms with van der Waals surface area (Å²) in [6.07, 6.45) is 1.47. The molecule has 0 aliphatic heterocycles. The Hall–Kier alpha value is -0.870. The van der Waals surface area contributed by atoms with E-state index < -0.39 is 5.82 Å². The largest absolute Gasteiger partial charge is 0.496 e. The summed E-state index contributed by atoms with van der Waals surface area (Å²) < 4.78 is 19.1. The summed E-state index contributed by atoms with van der Waals surface area (Å²) in [5.74, 6) is 0.0883. The highest BCUT2D eigenvalue weighted by Gasteiger charge is 2.13. The Labute approximate surface area is 99.1 Å². The topological polar surface area (TPSA) is 22.1 Å². The first-order valence-corrected chi connectivity index (χ1v) is 5.28. The van der Waals surface area contributed by atoms with Gasteiger partial charge in [0, 0.05) is 6.20 Å². The SMILES string of the molecule is COc1ccc(F)c2ncc(Br)c(Cl)c12. The van der Waals surface area contributed by atoms with E-state index in [2.05, 4.69) is 20.9 Å². The maximum atomic E-state index is 13.4. The van der Waals surface area contributed by atoms with Crippen molar-refractivity contribution in [1.82, 2.24) is 4.98 Å². The fourth-order valence-electron chi connectivity index (χ4n) is 1.35. The van der Waals surface area contributed by atoms with Crippen LogP contribution in [-0.2, 0) is 0 Å². The molecule has 0 saturated heterocycles. The van der Waals surface area contributed by atoms with Gasteiger partial charge in [-0.25, -0.2) is 4.39 Å². The van der Waals surface area contributed by atoms with Crippen LogP contribution in [0.3, 0.4) is 0 Å². The number of pyridine rings is 1. The molecule has 78 valence electrons. The predicted molar refractivity (Wildman–Crippen MR) is 61.0 cm³/mol. The van der Waals surface area contributed by atoms with Gasteiger partial charge in [-0.2, -0.15) is 0 Å². The smallest absolute Gasteiger partial charge is 0.149 e. The van der Waals surface area contributed by atoms with Gasteiger partial charge >= 0.3 is 0 Å². The number of aromatic nitrogens is 1. The van der Waals surface area contributed by atoms with Crippen LogP contribution < -0.4 is 4.74 Å². The second-order valence-corrected chi connectivity index (χ2v) is 4.13. The molecule has 2 rings (SSSR count). The second kappa shape index (κ2) is 3.94. The van der Waals surface area contributed by atoms with E-state index in [0.29, 0.717) is 20.6 Å². The van der Waals surface area contributed by atoms with Crippen molar-refractivity contribution in [2.75, 3.05) is 7.11 Å². The van der Waals surface area contributed by atoms with Crippen LogP contribution in [0.25, 0.3) is 10.9 Å². The van der Waals surface area contributed by atoms with Crippen LogP contribution >= 0.6 is 27.5 Å². The van der Waals surface area contributed by atoms with Gasteiger partial charge in [0.1, 0.15) is 17.1 Å². The van der Waals surface area contributed by atoms with Gasteiger partial charge in [0.05, 0.1) is 22.0 Å². The first kappa shape index (κ1) is 10.6. The van der Waals surface area contributed by atoms with Gasteiger partial charge in [-0.3, -0.25) is 4.98 Å². The Morgan fingerprint density at radius 1 is 1.47 bits per heavy atom. The van der Waals surface area contributed by atoms with Gasteiger partial charge in [0.15, 0.2) is 0 Å². The standard InChI is InChI=1S/C10H6BrClFNO/c1-15-7-3-2-6(13)10-8(7)9(12)5(11)4-14-10/h2-4H,1H3. The van der Waals surface area contributed by atoms with Gasteiger partial charge in [-0.05, 0) is 28.1 Å². The van der Waals surface area contributed by atoms with Crippen molar-refractivity contribution in [3.63, 3.8) is 0 Å². The zero-order valence-electron chi connectivity index (χ0n) is 7.72. The monoisotopic (exact) mass is 289 g/mol. The molecular formula is C10H6BrClFNO. The third-order valence-corrected chi connectivity index (χ3v) is 3.27. The van der Waals surface area contributed by atoms with Crippen molar-refractivity contribution >= 4 is 38.4 Å². The third-order valence-electron chi connectivity index (χ3n) is 2.05. The number of hydrogen-bond donors (Lipinski definition) is 0. The van der Waals surface area contributed by atoms with Crippen LogP contribution in [0.1, 0.15) is 0 Å². The Morgan fingerprint density at radius 2 is 2.20 bits per heavy atom. The molecule has 0 amide bonds. The zero-order valence-corrected chi connectivity index (χ0v) is 10.1. The van der Waals surface area contributed by atoms with Gasteiger partial charge in [-0.15, -0.1) is 0 Å². The van der Waals surface area contributed by atoms with E-state index in [0.717, 1.165) is 0 Å². The van der Waals surface area contributed by atoms with E-state index in [4.69, 9.17) is 16.3 Å². The van der Waals surface area contributed by atoms with Crippen LogP contribution in [-0.4, -0.2) is 12.1 Å². The fraction of sp³-hybridized carbons (Fsp3) is 0.100. The summed E-state index contributed by atoms with van der Waals surface area (Å²) in [5, 5.41) is 0.880. The minimum Gasteiger partial charge on any atom is -0.496 e. The van der Waals surface area contributed by atoms with Crippen LogP contribution in [0.5, 0.6) is 5.75 Å². The average Bonchev–Trinajstić information content (AvgIpc) is 2.24. The molecule has 1 heterocycles. The first-order chi connectivity index (χ1) is 7.15. The van der Waals surface area contributed by atoms with Crippen molar-refractivity contribution in [2.24, 2.45) is 0 Å². The summed E-state index contributed by atoms with van der Waals surface area (Å²) in [4.78, 5) is 3.96. The highest BCUT2D eigenvalue weighted by atomic mass is 79.9. The summed E-state index contributed by atoms with van der Waals surface area (Å²) in [7, 11) is 1.50. The number of ether oxygens (including phenoxy) is 1. The molecule has 0 bridgehead atoms. The molecule has 0 aliphatic rings. The van der Waals surface area contributed by atoms with E-state index in [-0.39, 0.29) is 5.52 Å². The lowest BCUT2D eigenvalue weighted by Gasteiger charge is -2.08. The maximum absolute atomic E-state index is 13.4. The Bertz CT molecular complexity index is 532. The minimum absolute atomic E-state index is 0.211. The predicted octanol–water partition coefficient (Wildman–Crippen LogP) is 3.80. The molecule has 0 radical (unpaired) electrons. The summed E-state index contributed by atoms with van der Waals surface area (Å²) >= 11 is 9.28. The molecule has 0 atom stereocenters. The number of fused-ring (bicyclic) bond motifs is 1. The minimum atomic E-state index is -0.416. The molecular weight excluding hydrogens is 284 g/mol. The average molecular weight is 291 g/mol. The lowest BCUT2D eigenvalue weighted by molar-refractivity contribution is 0.419. The van der Waals surface area contributed by atoms with E-state index in [1.54, 1.807) is 0 Å². The Morgan fingerprint density at radius 3 is 2.87 bits per heavy atom. The van der Waals surface area contributed by atoms with Crippen molar-refractivity contribution < 1.29 is 9.13 Å². The first-order valence-electron chi connectivity index (χ1n) is 4.11. The molecule has 5 heteroatoms. The molecule has 1 aromatic heterocycles. The molecule has 1 aromatic carbocycles. The van der Waals surface area contributed by atoms with Crippen LogP contribution in [0, 0.1) is 5.82 Å². The molecule has 0 N–H and O–H groups in total. The van der Waals surface area contributed by atoms with E-state index >= 15 is 0 Å². The molecule has 15 heavy (non-hydrogen) atoms. The normalized spacial score (nSPS) is 10.7. The quantitative estimate of drug-likeness (QED) is 0.797. The number of halogens is 3. The molecule has 0 saturated carbocycles. The molecule has 0 fully saturated rings. The fourth-order valence-corrected chi connectivity index (χ4v) is 1.89. The molecule has 2 nitrogen and oxygen atoms in total. The van der Waals surface area contributed by atoms with E-state index in [1.807, 2.05) is 0 Å². The number of benzene rings is 1. The Balaban J connectivity index is 2.95. The highest BCUT2D eigenvalue weighted by Crippen LogP contribution is 2.36. The van der Waals surface area contributed by atoms with E-state index in [9.17, 15) is 4.39 Å². The lowest BCUT2D eigenvalue weighted by atomic mass is 10.2. The molecule has 2 aromatic rings. The van der Waals surface area contributed by atoms with Crippen molar-refractivity contribution in [3.05, 3.63) is 33.6 Å². The second-order valence-electron chi connectivity index (χ2n) is 2.89. The Kier molecular flexibility index (Phi) is 2.80. The van der Waals surface area contributed by atoms with Gasteiger partial charge < -0.3 is 4.74 Å². The maximum Gasteiger partial charge on any atom is 0.149 e. The summed E-state index contributed by atoms with van der Waals surface area (Å²) in [5.41, 5.74) is 0.211. The van der Waals surface area contributed by atoms with Crippen LogP contribution in [0.15, 0.2) is 22.8 Å². The third kappa shape index (κ3) is 1.68. The van der Waals surface area contributed by atoms with Gasteiger partial charge in [-0.1, -0.05) is 11.6 Å². The number of rotatable bonds is 1. The highest BCUT2D eigenvalue weighted by molar-refractivity contribution is 9.10.